The lowest BCUT2D eigenvalue weighted by Gasteiger charge is -2.49. The number of aliphatic hydroxyl groups is 10. The minimum Gasteiger partial charge on any atom is -0.479 e. The van der Waals surface area contributed by atoms with Gasteiger partial charge in [-0.1, -0.05) is 141 Å². The third-order valence-electron chi connectivity index (χ3n) is 19.4. The van der Waals surface area contributed by atoms with E-state index < -0.39 is 224 Å². The average Bonchev–Trinajstić information content (AvgIpc) is 0.767. The van der Waals surface area contributed by atoms with E-state index in [1.807, 2.05) is 0 Å². The van der Waals surface area contributed by atoms with E-state index in [4.69, 9.17) is 46.9 Å². The third kappa shape index (κ3) is 40.2. The van der Waals surface area contributed by atoms with Crippen molar-refractivity contribution < 1.29 is 156 Å². The van der Waals surface area contributed by atoms with E-state index in [1.165, 1.54) is 77.0 Å². The van der Waals surface area contributed by atoms with Crippen LogP contribution in [-0.2, 0) is 89.9 Å². The van der Waals surface area contributed by atoms with Crippen LogP contribution in [0.5, 0.6) is 0 Å². The smallest absolute Gasteiger partial charge is 0.472 e. The molecule has 0 aliphatic carbocycles. The Hall–Kier alpha value is -5.09. The molecule has 112 heavy (non-hydrogen) atoms. The van der Waals surface area contributed by atoms with Crippen LogP contribution < -0.4 is 16.0 Å². The number of phosphoric ester groups is 1. The maximum Gasteiger partial charge on any atom is 0.472 e. The van der Waals surface area contributed by atoms with Gasteiger partial charge in [-0.2, -0.15) is 0 Å². The molecule has 3 heterocycles. The van der Waals surface area contributed by atoms with Gasteiger partial charge in [0.25, 0.3) is 0 Å². The monoisotopic (exact) mass is 1630 g/mol. The van der Waals surface area contributed by atoms with E-state index in [0.29, 0.717) is 12.8 Å². The number of aliphatic carboxylic acids is 2. The zero-order chi connectivity index (χ0) is 83.0. The minimum absolute atomic E-state index is 0.0691. The highest BCUT2D eigenvalue weighted by Crippen LogP contribution is 2.43. The van der Waals surface area contributed by atoms with E-state index in [0.717, 1.165) is 90.9 Å². The van der Waals surface area contributed by atoms with Crippen LogP contribution in [-0.4, -0.2) is 276 Å². The molecule has 648 valence electrons. The molecule has 35 nitrogen and oxygen atoms in total. The molecule has 0 spiro atoms. The van der Waals surface area contributed by atoms with Crippen molar-refractivity contribution >= 4 is 55.2 Å². The molecule has 3 amide bonds. The summed E-state index contributed by atoms with van der Waals surface area (Å²) in [6.07, 6.45) is -1.94. The number of allylic oxidation sites excluding steroid dienone is 4. The maximum atomic E-state index is 13.3. The topological polar surface area (TPSA) is 545 Å². The van der Waals surface area contributed by atoms with Gasteiger partial charge < -0.3 is 120 Å². The van der Waals surface area contributed by atoms with E-state index in [9.17, 15) is 109 Å². The Balaban J connectivity index is 1.55. The number of nitrogens with one attached hydrogen (secondary N) is 3. The standard InChI is InChI=1S/C76H132N3O32P/c1-5-7-9-11-13-15-17-19-21-23-25-27-29-31-33-39-57(87)102-47-52(105-58(88)40-34-32-30-28-26-24-22-20-18-16-14-12-10-8-6-2)48-104-112(100,101)103-44-43-77-56(86)38-36-35-37-51(84)41-42-53(78-49(3)82)67(60(89)54(85)45-80)107-76-66(95)64(93)69(71(111-76)73(98)99)109-74-59(79-50(4)83)68(61(90)55(46-81)106-74)108-75-65(94)62(91)63(92)70(110-75)72(96)97/h19-22,52-55,59-71,74-76,80-81,85,89-95H,5-18,23-48H2,1-4H3,(H,77,86)(H,78,82)(H,79,83)(H,96,97)(H,98,99)(H,100,101)/b21-19-,22-20-/t52?,53?,54?,55?,59?,60-,61-,62+,63+,64-,65?,66?,67-,68-,69+,70?,71?,74+,75-,76-/m1/s1. The molecule has 3 saturated heterocycles. The van der Waals surface area contributed by atoms with Crippen LogP contribution in [0.1, 0.15) is 246 Å². The first-order valence-corrected chi connectivity index (χ1v) is 41.6. The molecule has 3 rings (SSSR count). The Kier molecular flexibility index (Phi) is 52.2. The first kappa shape index (κ1) is 101. The first-order valence-electron chi connectivity index (χ1n) is 40.1. The predicted molar refractivity (Wildman–Crippen MR) is 401 cm³/mol. The number of phosphoric acid groups is 1. The summed E-state index contributed by atoms with van der Waals surface area (Å²) in [6.45, 7) is 2.30. The Labute approximate surface area is 657 Å². The third-order valence-corrected chi connectivity index (χ3v) is 20.3. The second-order valence-electron chi connectivity index (χ2n) is 29.0. The second-order valence-corrected chi connectivity index (χ2v) is 30.4. The number of unbranched alkanes of at least 4 members (excludes halogenated alkanes) is 23. The molecule has 10 unspecified atom stereocenters. The van der Waals surface area contributed by atoms with E-state index in [1.54, 1.807) is 0 Å². The van der Waals surface area contributed by atoms with Gasteiger partial charge in [0, 0.05) is 52.5 Å². The first-order chi connectivity index (χ1) is 53.5. The number of ketones is 1. The highest BCUT2D eigenvalue weighted by Gasteiger charge is 2.57. The van der Waals surface area contributed by atoms with Crippen LogP contribution in [0.4, 0.5) is 0 Å². The van der Waals surface area contributed by atoms with Crippen LogP contribution in [0.3, 0.4) is 0 Å². The van der Waals surface area contributed by atoms with Crippen LogP contribution in [0.2, 0.25) is 0 Å². The maximum absolute atomic E-state index is 13.3. The van der Waals surface area contributed by atoms with Gasteiger partial charge in [0.15, 0.2) is 37.2 Å². The van der Waals surface area contributed by atoms with Gasteiger partial charge in [-0.05, 0) is 83.5 Å². The number of carbonyl (C=O) groups excluding carboxylic acids is 6. The fourth-order valence-electron chi connectivity index (χ4n) is 13.0. The number of esters is 2. The number of carbonyl (C=O) groups is 8. The number of amides is 3. The molecule has 0 aromatic carbocycles. The second kappa shape index (κ2) is 57.9. The van der Waals surface area contributed by atoms with Crippen molar-refractivity contribution in [1.82, 2.24) is 16.0 Å². The molecule has 36 heteroatoms. The summed E-state index contributed by atoms with van der Waals surface area (Å²) in [5.41, 5.74) is 0. The molecule has 0 aromatic rings. The van der Waals surface area contributed by atoms with Crippen molar-refractivity contribution in [3.63, 3.8) is 0 Å². The molecule has 21 atom stereocenters. The number of hydrogen-bond acceptors (Lipinski definition) is 29. The van der Waals surface area contributed by atoms with Crippen LogP contribution >= 0.6 is 7.82 Å². The van der Waals surface area contributed by atoms with Gasteiger partial charge in [0.1, 0.15) is 91.7 Å². The normalized spacial score (nSPS) is 26.0. The number of hydrogen-bond donors (Lipinski definition) is 16. The Bertz CT molecular complexity index is 2790. The SMILES string of the molecule is CCCCCCCC/C=C\CCCCCCCC(=O)OCC(COP(=O)(O)OCCNC(=O)CCCCC(=O)CCC(NC(C)=O)[C@@H](O[C@@H]1OC(C(=O)O)[C@@H](O[C@@H]2OC(CO)[C@@H](O)[C@H](O[C@@H]3OC(C(=O)O)[C@@H](O)[C@H](O)C3O)C2NC(C)=O)[C@H](O)C1O)[C@H](O)C(O)CO)OC(=O)CCCCCCC/C=C\CCCCCCCC. The predicted octanol–water partition coefficient (Wildman–Crippen LogP) is 4.06. The lowest BCUT2D eigenvalue weighted by molar-refractivity contribution is -0.364. The van der Waals surface area contributed by atoms with Crippen molar-refractivity contribution in [2.45, 2.75) is 369 Å². The van der Waals surface area contributed by atoms with Gasteiger partial charge in [-0.25, -0.2) is 14.2 Å². The number of carboxylic acid groups (broad SMARTS) is 2. The number of rotatable bonds is 63. The van der Waals surface area contributed by atoms with Crippen LogP contribution in [0.25, 0.3) is 0 Å². The van der Waals surface area contributed by atoms with Gasteiger partial charge >= 0.3 is 31.7 Å². The van der Waals surface area contributed by atoms with E-state index in [-0.39, 0.29) is 45.1 Å². The summed E-state index contributed by atoms with van der Waals surface area (Å²) < 4.78 is 68.1. The van der Waals surface area contributed by atoms with Crippen molar-refractivity contribution in [3.05, 3.63) is 24.3 Å². The summed E-state index contributed by atoms with van der Waals surface area (Å²) in [5.74, 6) is -7.64. The molecule has 0 aromatic heterocycles. The molecule has 0 bridgehead atoms. The number of ether oxygens (including phenoxy) is 8. The molecule has 3 aliphatic heterocycles. The van der Waals surface area contributed by atoms with Crippen molar-refractivity contribution in [2.24, 2.45) is 0 Å². The largest absolute Gasteiger partial charge is 0.479 e. The molecule has 0 radical (unpaired) electrons. The molecular weight excluding hydrogens is 1500 g/mol. The van der Waals surface area contributed by atoms with Gasteiger partial charge in [-0.15, -0.1) is 0 Å². The van der Waals surface area contributed by atoms with E-state index >= 15 is 0 Å². The van der Waals surface area contributed by atoms with E-state index in [2.05, 4.69) is 54.1 Å². The van der Waals surface area contributed by atoms with Crippen LogP contribution in [0, 0.1) is 0 Å². The summed E-state index contributed by atoms with van der Waals surface area (Å²) >= 11 is 0. The zero-order valence-electron chi connectivity index (χ0n) is 65.7. The van der Waals surface area contributed by atoms with Gasteiger partial charge in [0.05, 0.1) is 32.5 Å². The zero-order valence-corrected chi connectivity index (χ0v) is 66.6. The average molecular weight is 1630 g/mol. The molecule has 0 saturated carbocycles. The number of Topliss-reactive ketones (excluding diaryl/α,β-unsaturated/α-hetero) is 1. The number of carboxylic acids is 2. The summed E-state index contributed by atoms with van der Waals surface area (Å²) in [4.78, 5) is 113. The highest BCUT2D eigenvalue weighted by atomic mass is 31.2. The highest BCUT2D eigenvalue weighted by molar-refractivity contribution is 7.47. The minimum atomic E-state index is -4.83. The fraction of sp³-hybridized carbons (Fsp3) is 0.842. The summed E-state index contributed by atoms with van der Waals surface area (Å²) in [7, 11) is -4.83. The van der Waals surface area contributed by atoms with Gasteiger partial charge in [0.2, 0.25) is 17.7 Å². The quantitative estimate of drug-likeness (QED) is 0.0177. The van der Waals surface area contributed by atoms with Gasteiger partial charge in [-0.3, -0.25) is 37.8 Å². The molecular formula is C76H132N3O32P. The van der Waals surface area contributed by atoms with Crippen molar-refractivity contribution in [1.29, 1.82) is 0 Å². The lowest BCUT2D eigenvalue weighted by atomic mass is 9.93. The summed E-state index contributed by atoms with van der Waals surface area (Å²) in [6, 6.07) is -3.42. The lowest BCUT2D eigenvalue weighted by Crippen LogP contribution is -2.70. The molecule has 16 N–H and O–H groups in total. The van der Waals surface area contributed by atoms with Crippen molar-refractivity contribution in [2.75, 3.05) is 39.6 Å². The fourth-order valence-corrected chi connectivity index (χ4v) is 13.7. The number of aliphatic hydroxyl groups excluding tert-OH is 10. The Morgan fingerprint density at radius 1 is 0.518 bits per heavy atom. The Morgan fingerprint density at radius 2 is 1.02 bits per heavy atom. The Morgan fingerprint density at radius 3 is 1.54 bits per heavy atom. The van der Waals surface area contributed by atoms with Crippen LogP contribution in [0.15, 0.2) is 24.3 Å². The molecule has 3 fully saturated rings. The molecule has 3 aliphatic rings. The summed E-state index contributed by atoms with van der Waals surface area (Å²) in [5, 5.41) is 135. The van der Waals surface area contributed by atoms with Crippen molar-refractivity contribution in [3.8, 4) is 0 Å².